The Bertz CT molecular complexity index is 813. The minimum Gasteiger partial charge on any atom is -0.462 e. The summed E-state index contributed by atoms with van der Waals surface area (Å²) in [5.74, 6) is -0.463. The quantitative estimate of drug-likeness (QED) is 0.754. The lowest BCUT2D eigenvalue weighted by atomic mass is 10.1. The fraction of sp³-hybridized carbons (Fsp3) is 0.278. The molecule has 0 N–H and O–H groups in total. The zero-order valence-electron chi connectivity index (χ0n) is 14.0. The van der Waals surface area contributed by atoms with Crippen molar-refractivity contribution in [3.63, 3.8) is 0 Å². The maximum atomic E-state index is 12.7. The highest BCUT2D eigenvalue weighted by molar-refractivity contribution is 7.89. The maximum Gasteiger partial charge on any atom is 0.338 e. The zero-order chi connectivity index (χ0) is 17.7. The van der Waals surface area contributed by atoms with Gasteiger partial charge in [0.15, 0.2) is 0 Å². The second-order valence-electron chi connectivity index (χ2n) is 5.43. The molecular weight excluding hydrogens is 326 g/mol. The van der Waals surface area contributed by atoms with Crippen LogP contribution in [0.25, 0.3) is 0 Å². The number of carbonyl (C=O) groups is 1. The predicted octanol–water partition coefficient (Wildman–Crippen LogP) is 2.99. The van der Waals surface area contributed by atoms with Crippen LogP contribution >= 0.6 is 0 Å². The van der Waals surface area contributed by atoms with Crippen molar-refractivity contribution in [1.29, 1.82) is 0 Å². The third kappa shape index (κ3) is 4.01. The first kappa shape index (κ1) is 18.2. The molecule has 0 aromatic heterocycles. The summed E-state index contributed by atoms with van der Waals surface area (Å²) in [6, 6.07) is 13.4. The number of aryl methyl sites for hydroxylation is 1. The van der Waals surface area contributed by atoms with E-state index in [-0.39, 0.29) is 18.0 Å². The van der Waals surface area contributed by atoms with Crippen molar-refractivity contribution in [3.05, 3.63) is 65.2 Å². The van der Waals surface area contributed by atoms with Crippen LogP contribution < -0.4 is 0 Å². The molecule has 24 heavy (non-hydrogen) atoms. The molecule has 0 fully saturated rings. The zero-order valence-corrected chi connectivity index (χ0v) is 14.8. The van der Waals surface area contributed by atoms with Gasteiger partial charge < -0.3 is 4.74 Å². The van der Waals surface area contributed by atoms with E-state index in [0.717, 1.165) is 11.1 Å². The van der Waals surface area contributed by atoms with E-state index in [1.165, 1.54) is 28.6 Å². The van der Waals surface area contributed by atoms with E-state index in [4.69, 9.17) is 4.74 Å². The standard InChI is InChI=1S/C18H21NO4S/c1-4-23-18(20)15-9-11-17(12-10-15)24(21,22)19(3)13-16-8-6-5-7-14(16)2/h5-12H,4,13H2,1-3H3. The van der Waals surface area contributed by atoms with Gasteiger partial charge in [0.05, 0.1) is 17.1 Å². The van der Waals surface area contributed by atoms with Crippen molar-refractivity contribution < 1.29 is 17.9 Å². The van der Waals surface area contributed by atoms with Crippen LogP contribution in [0.3, 0.4) is 0 Å². The van der Waals surface area contributed by atoms with Gasteiger partial charge in [-0.1, -0.05) is 24.3 Å². The molecule has 2 aromatic carbocycles. The molecule has 0 unspecified atom stereocenters. The predicted molar refractivity (Wildman–Crippen MR) is 92.2 cm³/mol. The van der Waals surface area contributed by atoms with E-state index < -0.39 is 16.0 Å². The molecule has 0 saturated heterocycles. The summed E-state index contributed by atoms with van der Waals surface area (Å²) in [6.07, 6.45) is 0. The van der Waals surface area contributed by atoms with E-state index in [1.807, 2.05) is 31.2 Å². The van der Waals surface area contributed by atoms with Crippen LogP contribution in [0.2, 0.25) is 0 Å². The topological polar surface area (TPSA) is 63.7 Å². The van der Waals surface area contributed by atoms with E-state index in [2.05, 4.69) is 0 Å². The van der Waals surface area contributed by atoms with E-state index in [1.54, 1.807) is 14.0 Å². The Hall–Kier alpha value is -2.18. The lowest BCUT2D eigenvalue weighted by Gasteiger charge is -2.18. The second kappa shape index (κ2) is 7.59. The summed E-state index contributed by atoms with van der Waals surface area (Å²) in [5.41, 5.74) is 2.32. The van der Waals surface area contributed by atoms with Gasteiger partial charge in [-0.2, -0.15) is 4.31 Å². The van der Waals surface area contributed by atoms with Crippen LogP contribution in [0.4, 0.5) is 0 Å². The molecule has 0 saturated carbocycles. The minimum absolute atomic E-state index is 0.145. The van der Waals surface area contributed by atoms with Gasteiger partial charge in [-0.15, -0.1) is 0 Å². The minimum atomic E-state index is -3.63. The highest BCUT2D eigenvalue weighted by Crippen LogP contribution is 2.19. The van der Waals surface area contributed by atoms with Crippen molar-refractivity contribution >= 4 is 16.0 Å². The monoisotopic (exact) mass is 347 g/mol. The Morgan fingerprint density at radius 3 is 2.29 bits per heavy atom. The summed E-state index contributed by atoms with van der Waals surface area (Å²) < 4.78 is 31.5. The molecule has 0 bridgehead atoms. The van der Waals surface area contributed by atoms with Crippen molar-refractivity contribution in [1.82, 2.24) is 4.31 Å². The Morgan fingerprint density at radius 2 is 1.71 bits per heavy atom. The fourth-order valence-electron chi connectivity index (χ4n) is 2.27. The van der Waals surface area contributed by atoms with Crippen LogP contribution in [0.5, 0.6) is 0 Å². The van der Waals surface area contributed by atoms with Gasteiger partial charge in [-0.3, -0.25) is 0 Å². The Labute approximate surface area is 142 Å². The van der Waals surface area contributed by atoms with Crippen molar-refractivity contribution in [2.24, 2.45) is 0 Å². The number of sulfonamides is 1. The third-order valence-electron chi connectivity index (χ3n) is 3.73. The highest BCUT2D eigenvalue weighted by Gasteiger charge is 2.21. The summed E-state index contributed by atoms with van der Waals surface area (Å²) in [4.78, 5) is 11.8. The van der Waals surface area contributed by atoms with E-state index in [9.17, 15) is 13.2 Å². The molecule has 2 rings (SSSR count). The Kier molecular flexibility index (Phi) is 5.75. The maximum absolute atomic E-state index is 12.7. The number of ether oxygens (including phenoxy) is 1. The largest absolute Gasteiger partial charge is 0.462 e. The van der Waals surface area contributed by atoms with E-state index in [0.29, 0.717) is 5.56 Å². The lowest BCUT2D eigenvalue weighted by Crippen LogP contribution is -2.26. The number of hydrogen-bond donors (Lipinski definition) is 0. The summed E-state index contributed by atoms with van der Waals surface area (Å²) in [6.45, 7) is 4.23. The number of esters is 1. The van der Waals surface area contributed by atoms with Crippen LogP contribution in [0.15, 0.2) is 53.4 Å². The molecule has 0 radical (unpaired) electrons. The SMILES string of the molecule is CCOC(=O)c1ccc(S(=O)(=O)N(C)Cc2ccccc2C)cc1. The van der Waals surface area contributed by atoms with Crippen LogP contribution in [0.1, 0.15) is 28.4 Å². The van der Waals surface area contributed by atoms with Gasteiger partial charge in [0, 0.05) is 13.6 Å². The Balaban J connectivity index is 2.20. The lowest BCUT2D eigenvalue weighted by molar-refractivity contribution is 0.0526. The molecule has 2 aromatic rings. The molecule has 0 spiro atoms. The molecule has 6 heteroatoms. The van der Waals surface area contributed by atoms with Crippen LogP contribution in [-0.2, 0) is 21.3 Å². The average Bonchev–Trinajstić information content (AvgIpc) is 2.57. The number of nitrogens with zero attached hydrogens (tertiary/aromatic N) is 1. The second-order valence-corrected chi connectivity index (χ2v) is 7.48. The number of rotatable bonds is 6. The number of carbonyl (C=O) groups excluding carboxylic acids is 1. The van der Waals surface area contributed by atoms with Crippen LogP contribution in [0, 0.1) is 6.92 Å². The molecule has 0 aliphatic rings. The molecule has 0 aliphatic heterocycles. The number of benzene rings is 2. The first-order chi connectivity index (χ1) is 11.4. The van der Waals surface area contributed by atoms with Crippen molar-refractivity contribution in [2.45, 2.75) is 25.3 Å². The highest BCUT2D eigenvalue weighted by atomic mass is 32.2. The van der Waals surface area contributed by atoms with Gasteiger partial charge in [0.2, 0.25) is 10.0 Å². The summed E-state index contributed by atoms with van der Waals surface area (Å²) in [5, 5.41) is 0. The molecule has 0 heterocycles. The van der Waals surface area contributed by atoms with Crippen LogP contribution in [-0.4, -0.2) is 32.3 Å². The first-order valence-corrected chi connectivity index (χ1v) is 9.08. The molecule has 128 valence electrons. The van der Waals surface area contributed by atoms with Gasteiger partial charge in [-0.05, 0) is 49.2 Å². The van der Waals surface area contributed by atoms with Crippen molar-refractivity contribution in [3.8, 4) is 0 Å². The summed E-state index contributed by atoms with van der Waals surface area (Å²) in [7, 11) is -2.08. The van der Waals surface area contributed by atoms with Gasteiger partial charge in [0.25, 0.3) is 0 Å². The fourth-order valence-corrected chi connectivity index (χ4v) is 3.42. The molecular formula is C18H21NO4S. The van der Waals surface area contributed by atoms with Gasteiger partial charge in [-0.25, -0.2) is 13.2 Å². The van der Waals surface area contributed by atoms with Gasteiger partial charge >= 0.3 is 5.97 Å². The van der Waals surface area contributed by atoms with E-state index >= 15 is 0 Å². The smallest absolute Gasteiger partial charge is 0.338 e. The van der Waals surface area contributed by atoms with Gasteiger partial charge in [0.1, 0.15) is 0 Å². The average molecular weight is 347 g/mol. The molecule has 0 amide bonds. The third-order valence-corrected chi connectivity index (χ3v) is 5.55. The Morgan fingerprint density at radius 1 is 1.08 bits per heavy atom. The summed E-state index contributed by atoms with van der Waals surface area (Å²) >= 11 is 0. The molecule has 5 nitrogen and oxygen atoms in total. The first-order valence-electron chi connectivity index (χ1n) is 7.64. The van der Waals surface area contributed by atoms with Crippen molar-refractivity contribution in [2.75, 3.05) is 13.7 Å². The normalized spacial score (nSPS) is 11.5. The number of hydrogen-bond acceptors (Lipinski definition) is 4. The molecule has 0 aliphatic carbocycles. The molecule has 0 atom stereocenters.